The number of hydrogen-bond donors (Lipinski definition) is 3. The minimum Gasteiger partial charge on any atom is -0.449 e. The molecule has 0 aliphatic rings. The molecule has 1 aromatic rings. The van der Waals surface area contributed by atoms with Gasteiger partial charge in [-0.3, -0.25) is 0 Å². The van der Waals surface area contributed by atoms with E-state index in [0.717, 1.165) is 16.9 Å². The van der Waals surface area contributed by atoms with Gasteiger partial charge in [0.05, 0.1) is 31.8 Å². The van der Waals surface area contributed by atoms with Crippen LogP contribution in [0.2, 0.25) is 0 Å². The molecule has 1 atom stereocenters. The van der Waals surface area contributed by atoms with Crippen LogP contribution in [0.1, 0.15) is 58.2 Å². The summed E-state index contributed by atoms with van der Waals surface area (Å²) < 4.78 is 11.6. The van der Waals surface area contributed by atoms with Gasteiger partial charge in [0, 0.05) is 11.1 Å². The SMILES string of the molecule is Cc1cc(C(C)(C)C)c(OPOCC(CO)(CO)CO)c(C(C)(C)C)c1. The first kappa shape index (κ1) is 23.3. The molecule has 26 heavy (non-hydrogen) atoms. The molecule has 0 amide bonds. The van der Waals surface area contributed by atoms with Gasteiger partial charge in [0.25, 0.3) is 0 Å². The lowest BCUT2D eigenvalue weighted by Crippen LogP contribution is -2.38. The average Bonchev–Trinajstić information content (AvgIpc) is 2.54. The minimum atomic E-state index is -1.05. The summed E-state index contributed by atoms with van der Waals surface area (Å²) in [5, 5.41) is 28.2. The Kier molecular flexibility index (Phi) is 8.06. The van der Waals surface area contributed by atoms with Crippen molar-refractivity contribution in [2.24, 2.45) is 5.41 Å². The van der Waals surface area contributed by atoms with Gasteiger partial charge in [0.2, 0.25) is 9.03 Å². The van der Waals surface area contributed by atoms with Crippen LogP contribution in [0, 0.1) is 12.3 Å². The smallest absolute Gasteiger partial charge is 0.215 e. The average molecular weight is 386 g/mol. The number of aryl methyl sites for hydroxylation is 1. The zero-order valence-corrected chi connectivity index (χ0v) is 18.1. The molecule has 0 heterocycles. The van der Waals surface area contributed by atoms with E-state index in [4.69, 9.17) is 9.05 Å². The van der Waals surface area contributed by atoms with E-state index in [2.05, 4.69) is 60.6 Å². The van der Waals surface area contributed by atoms with Crippen LogP contribution >= 0.6 is 9.03 Å². The van der Waals surface area contributed by atoms with Gasteiger partial charge in [-0.05, 0) is 17.8 Å². The summed E-state index contributed by atoms with van der Waals surface area (Å²) >= 11 is 0. The molecular weight excluding hydrogens is 351 g/mol. The number of aliphatic hydroxyl groups is 3. The molecule has 0 radical (unpaired) electrons. The van der Waals surface area contributed by atoms with Crippen molar-refractivity contribution in [1.82, 2.24) is 0 Å². The summed E-state index contributed by atoms with van der Waals surface area (Å²) in [4.78, 5) is 0. The zero-order chi connectivity index (χ0) is 20.2. The van der Waals surface area contributed by atoms with Gasteiger partial charge in [-0.15, -0.1) is 0 Å². The molecular formula is C20H35O5P. The van der Waals surface area contributed by atoms with Gasteiger partial charge in [0.15, 0.2) is 0 Å². The van der Waals surface area contributed by atoms with E-state index in [1.807, 2.05) is 0 Å². The lowest BCUT2D eigenvalue weighted by molar-refractivity contribution is -0.0239. The third-order valence-electron chi connectivity index (χ3n) is 4.44. The highest BCUT2D eigenvalue weighted by Gasteiger charge is 2.30. The number of benzene rings is 1. The highest BCUT2D eigenvalue weighted by atomic mass is 31.1. The molecule has 0 saturated heterocycles. The van der Waals surface area contributed by atoms with Crippen LogP contribution in [-0.4, -0.2) is 41.7 Å². The van der Waals surface area contributed by atoms with Gasteiger partial charge in [-0.1, -0.05) is 59.2 Å². The van der Waals surface area contributed by atoms with Crippen LogP contribution in [0.5, 0.6) is 5.75 Å². The summed E-state index contributed by atoms with van der Waals surface area (Å²) in [6.45, 7) is 14.0. The Morgan fingerprint density at radius 1 is 0.846 bits per heavy atom. The lowest BCUT2D eigenvalue weighted by Gasteiger charge is -2.30. The molecule has 0 aliphatic carbocycles. The van der Waals surface area contributed by atoms with Crippen LogP contribution in [0.15, 0.2) is 12.1 Å². The first-order chi connectivity index (χ1) is 11.9. The maximum Gasteiger partial charge on any atom is 0.215 e. The highest BCUT2D eigenvalue weighted by Crippen LogP contribution is 2.43. The van der Waals surface area contributed by atoms with E-state index in [0.29, 0.717) is 0 Å². The third kappa shape index (κ3) is 5.90. The van der Waals surface area contributed by atoms with Gasteiger partial charge in [0.1, 0.15) is 5.75 Å². The van der Waals surface area contributed by atoms with Crippen molar-refractivity contribution in [3.63, 3.8) is 0 Å². The molecule has 1 rings (SSSR count). The molecule has 1 aromatic carbocycles. The van der Waals surface area contributed by atoms with Gasteiger partial charge < -0.3 is 24.4 Å². The maximum atomic E-state index is 9.39. The molecule has 0 aromatic heterocycles. The second-order valence-corrected chi connectivity index (χ2v) is 9.80. The third-order valence-corrected chi connectivity index (χ3v) is 4.99. The first-order valence-corrected chi connectivity index (χ1v) is 9.74. The zero-order valence-electron chi connectivity index (χ0n) is 17.1. The Morgan fingerprint density at radius 2 is 1.27 bits per heavy atom. The largest absolute Gasteiger partial charge is 0.449 e. The van der Waals surface area contributed by atoms with E-state index in [1.165, 1.54) is 5.56 Å². The second kappa shape index (κ2) is 8.99. The summed E-state index contributed by atoms with van der Waals surface area (Å²) in [6, 6.07) is 4.29. The van der Waals surface area contributed by atoms with Crippen molar-refractivity contribution in [2.75, 3.05) is 26.4 Å². The van der Waals surface area contributed by atoms with Crippen molar-refractivity contribution in [3.8, 4) is 5.75 Å². The van der Waals surface area contributed by atoms with Gasteiger partial charge in [-0.25, -0.2) is 0 Å². The maximum absolute atomic E-state index is 9.39. The molecule has 0 aliphatic heterocycles. The second-order valence-electron chi connectivity index (χ2n) is 9.14. The van der Waals surface area contributed by atoms with Crippen molar-refractivity contribution >= 4 is 9.03 Å². The molecule has 0 saturated carbocycles. The predicted octanol–water partition coefficient (Wildman–Crippen LogP) is 3.46. The summed E-state index contributed by atoms with van der Waals surface area (Å²) in [5.41, 5.74) is 2.21. The first-order valence-electron chi connectivity index (χ1n) is 8.92. The molecule has 5 nitrogen and oxygen atoms in total. The predicted molar refractivity (Wildman–Crippen MR) is 107 cm³/mol. The van der Waals surface area contributed by atoms with E-state index in [-0.39, 0.29) is 46.3 Å². The summed E-state index contributed by atoms with van der Waals surface area (Å²) in [6.07, 6.45) is 0. The Labute approximate surface area is 159 Å². The van der Waals surface area contributed by atoms with Crippen molar-refractivity contribution in [3.05, 3.63) is 28.8 Å². The molecule has 0 fully saturated rings. The Bertz CT molecular complexity index is 540. The summed E-state index contributed by atoms with van der Waals surface area (Å²) in [5.74, 6) is 0.830. The Morgan fingerprint density at radius 3 is 1.62 bits per heavy atom. The normalized spacial score (nSPS) is 13.6. The van der Waals surface area contributed by atoms with E-state index >= 15 is 0 Å². The molecule has 0 bridgehead atoms. The molecule has 1 unspecified atom stereocenters. The lowest BCUT2D eigenvalue weighted by atomic mass is 9.78. The number of aliphatic hydroxyl groups excluding tert-OH is 3. The monoisotopic (exact) mass is 386 g/mol. The van der Waals surface area contributed by atoms with Crippen LogP contribution in [0.3, 0.4) is 0 Å². The fourth-order valence-corrected chi connectivity index (χ4v) is 3.27. The van der Waals surface area contributed by atoms with E-state index < -0.39 is 5.41 Å². The number of rotatable bonds is 8. The molecule has 150 valence electrons. The van der Waals surface area contributed by atoms with E-state index in [9.17, 15) is 15.3 Å². The quantitative estimate of drug-likeness (QED) is 0.471. The van der Waals surface area contributed by atoms with Gasteiger partial charge in [-0.2, -0.15) is 0 Å². The van der Waals surface area contributed by atoms with Crippen LogP contribution in [0.25, 0.3) is 0 Å². The van der Waals surface area contributed by atoms with Crippen molar-refractivity contribution < 1.29 is 24.4 Å². The molecule has 3 N–H and O–H groups in total. The summed E-state index contributed by atoms with van der Waals surface area (Å²) in [7, 11) is -0.293. The highest BCUT2D eigenvalue weighted by molar-refractivity contribution is 7.26. The topological polar surface area (TPSA) is 79.2 Å². The fraction of sp³-hybridized carbons (Fsp3) is 0.700. The Balaban J connectivity index is 3.08. The van der Waals surface area contributed by atoms with Crippen molar-refractivity contribution in [1.29, 1.82) is 0 Å². The minimum absolute atomic E-state index is 0.0243. The fourth-order valence-electron chi connectivity index (χ4n) is 2.54. The van der Waals surface area contributed by atoms with Gasteiger partial charge >= 0.3 is 0 Å². The van der Waals surface area contributed by atoms with E-state index in [1.54, 1.807) is 0 Å². The van der Waals surface area contributed by atoms with Crippen LogP contribution < -0.4 is 4.52 Å². The Hall–Kier alpha value is -0.710. The van der Waals surface area contributed by atoms with Crippen LogP contribution in [0.4, 0.5) is 0 Å². The standard InChI is InChI=1S/C20H35O5P/c1-14-8-15(18(2,3)4)17(16(9-14)19(5,6)7)25-26-24-13-20(10-21,11-22)12-23/h8-9,21-23,26H,10-13H2,1-7H3. The van der Waals surface area contributed by atoms with Crippen LogP contribution in [-0.2, 0) is 15.4 Å². The molecule has 6 heteroatoms. The number of hydrogen-bond acceptors (Lipinski definition) is 5. The van der Waals surface area contributed by atoms with Crippen molar-refractivity contribution in [2.45, 2.75) is 59.3 Å². The molecule has 0 spiro atoms.